The quantitative estimate of drug-likeness (QED) is 0.894. The lowest BCUT2D eigenvalue weighted by Gasteiger charge is -2.11. The van der Waals surface area contributed by atoms with Gasteiger partial charge in [0.15, 0.2) is 5.82 Å². The standard InChI is InChI=1S/C13H14F2N4/c1-7-4-5-9(14)12(11(7)15)18-10-6-8(2)17-13(16-3)19-10/h4-6H,1-3H3,(H2,16,17,18,19). The number of aryl methyl sites for hydroxylation is 2. The molecule has 1 heterocycles. The van der Waals surface area contributed by atoms with Crippen LogP contribution in [-0.4, -0.2) is 17.0 Å². The van der Waals surface area contributed by atoms with Gasteiger partial charge < -0.3 is 10.6 Å². The summed E-state index contributed by atoms with van der Waals surface area (Å²) in [6.45, 7) is 3.35. The average Bonchev–Trinajstić information content (AvgIpc) is 2.38. The Morgan fingerprint density at radius 2 is 1.84 bits per heavy atom. The molecule has 0 aliphatic carbocycles. The minimum absolute atomic E-state index is 0.208. The molecule has 0 unspecified atom stereocenters. The van der Waals surface area contributed by atoms with Crippen LogP contribution in [0.2, 0.25) is 0 Å². The third-order valence-electron chi connectivity index (χ3n) is 2.62. The largest absolute Gasteiger partial charge is 0.357 e. The van der Waals surface area contributed by atoms with E-state index in [9.17, 15) is 8.78 Å². The molecular formula is C13H14F2N4. The first-order chi connectivity index (χ1) is 9.01. The molecule has 0 bridgehead atoms. The fourth-order valence-electron chi connectivity index (χ4n) is 1.64. The molecule has 0 aliphatic heterocycles. The summed E-state index contributed by atoms with van der Waals surface area (Å²) in [4.78, 5) is 8.20. The monoisotopic (exact) mass is 264 g/mol. The summed E-state index contributed by atoms with van der Waals surface area (Å²) in [5.74, 6) is -0.566. The lowest BCUT2D eigenvalue weighted by Crippen LogP contribution is -2.04. The van der Waals surface area contributed by atoms with Crippen LogP contribution in [0.5, 0.6) is 0 Å². The van der Waals surface area contributed by atoms with Crippen LogP contribution in [0.3, 0.4) is 0 Å². The lowest BCUT2D eigenvalue weighted by atomic mass is 10.2. The second-order valence-electron chi connectivity index (χ2n) is 4.15. The van der Waals surface area contributed by atoms with Gasteiger partial charge in [0.05, 0.1) is 0 Å². The van der Waals surface area contributed by atoms with Crippen molar-refractivity contribution < 1.29 is 8.78 Å². The first kappa shape index (κ1) is 13.2. The molecule has 0 radical (unpaired) electrons. The Morgan fingerprint density at radius 1 is 1.11 bits per heavy atom. The molecular weight excluding hydrogens is 250 g/mol. The molecule has 0 atom stereocenters. The van der Waals surface area contributed by atoms with Gasteiger partial charge in [-0.3, -0.25) is 0 Å². The van der Waals surface area contributed by atoms with E-state index in [1.54, 1.807) is 27.0 Å². The zero-order valence-corrected chi connectivity index (χ0v) is 10.9. The zero-order chi connectivity index (χ0) is 14.0. The van der Waals surface area contributed by atoms with Crippen LogP contribution in [0.1, 0.15) is 11.3 Å². The molecule has 2 aromatic rings. The minimum atomic E-state index is -0.662. The molecule has 19 heavy (non-hydrogen) atoms. The Balaban J connectivity index is 2.41. The van der Waals surface area contributed by atoms with Crippen molar-refractivity contribution in [2.45, 2.75) is 13.8 Å². The van der Waals surface area contributed by atoms with Crippen molar-refractivity contribution in [3.05, 3.63) is 41.1 Å². The topological polar surface area (TPSA) is 49.8 Å². The van der Waals surface area contributed by atoms with Crippen molar-refractivity contribution in [3.8, 4) is 0 Å². The summed E-state index contributed by atoms with van der Waals surface area (Å²) in [5, 5.41) is 5.44. The van der Waals surface area contributed by atoms with Crippen molar-refractivity contribution in [1.29, 1.82) is 0 Å². The number of rotatable bonds is 3. The molecule has 6 heteroatoms. The summed E-state index contributed by atoms with van der Waals surface area (Å²) < 4.78 is 27.5. The van der Waals surface area contributed by atoms with E-state index < -0.39 is 11.6 Å². The Morgan fingerprint density at radius 3 is 2.53 bits per heavy atom. The highest BCUT2D eigenvalue weighted by Gasteiger charge is 2.12. The van der Waals surface area contributed by atoms with E-state index in [1.807, 2.05) is 0 Å². The second-order valence-corrected chi connectivity index (χ2v) is 4.15. The predicted octanol–water partition coefficient (Wildman–Crippen LogP) is 3.16. The number of aromatic nitrogens is 2. The highest BCUT2D eigenvalue weighted by atomic mass is 19.1. The van der Waals surface area contributed by atoms with Crippen molar-refractivity contribution in [2.75, 3.05) is 17.7 Å². The van der Waals surface area contributed by atoms with Crippen LogP contribution in [0.25, 0.3) is 0 Å². The number of nitrogens with zero attached hydrogens (tertiary/aromatic N) is 2. The Bertz CT molecular complexity index is 614. The number of benzene rings is 1. The van der Waals surface area contributed by atoms with E-state index in [0.29, 0.717) is 23.0 Å². The van der Waals surface area contributed by atoms with E-state index in [4.69, 9.17) is 0 Å². The minimum Gasteiger partial charge on any atom is -0.357 e. The summed E-state index contributed by atoms with van der Waals surface area (Å²) in [6.07, 6.45) is 0. The van der Waals surface area contributed by atoms with Crippen molar-refractivity contribution in [2.24, 2.45) is 0 Å². The molecule has 4 nitrogen and oxygen atoms in total. The van der Waals surface area contributed by atoms with Gasteiger partial charge >= 0.3 is 0 Å². The molecule has 2 N–H and O–H groups in total. The molecule has 0 amide bonds. The fraction of sp³-hybridized carbons (Fsp3) is 0.231. The van der Waals surface area contributed by atoms with E-state index in [1.165, 1.54) is 12.1 Å². The number of hydrogen-bond donors (Lipinski definition) is 2. The third kappa shape index (κ3) is 2.78. The maximum atomic E-state index is 13.9. The van der Waals surface area contributed by atoms with E-state index in [0.717, 1.165) is 0 Å². The number of hydrogen-bond acceptors (Lipinski definition) is 4. The zero-order valence-electron chi connectivity index (χ0n) is 10.9. The first-order valence-electron chi connectivity index (χ1n) is 5.76. The van der Waals surface area contributed by atoms with Gasteiger partial charge in [-0.15, -0.1) is 0 Å². The highest BCUT2D eigenvalue weighted by molar-refractivity contribution is 5.60. The maximum absolute atomic E-state index is 13.9. The summed E-state index contributed by atoms with van der Waals surface area (Å²) >= 11 is 0. The SMILES string of the molecule is CNc1nc(C)cc(Nc2c(F)ccc(C)c2F)n1. The van der Waals surface area contributed by atoms with Crippen LogP contribution in [-0.2, 0) is 0 Å². The van der Waals surface area contributed by atoms with Crippen LogP contribution in [0, 0.1) is 25.5 Å². The van der Waals surface area contributed by atoms with Gasteiger partial charge in [-0.1, -0.05) is 6.07 Å². The van der Waals surface area contributed by atoms with Crippen LogP contribution in [0.15, 0.2) is 18.2 Å². The number of nitrogens with one attached hydrogen (secondary N) is 2. The normalized spacial score (nSPS) is 10.4. The fourth-order valence-corrected chi connectivity index (χ4v) is 1.64. The Hall–Kier alpha value is -2.24. The average molecular weight is 264 g/mol. The van der Waals surface area contributed by atoms with Gasteiger partial charge in [0.25, 0.3) is 0 Å². The molecule has 0 aliphatic rings. The second kappa shape index (κ2) is 5.17. The van der Waals surface area contributed by atoms with Gasteiger partial charge in [0.2, 0.25) is 5.95 Å². The molecule has 0 saturated heterocycles. The maximum Gasteiger partial charge on any atom is 0.224 e. The molecule has 2 rings (SSSR count). The molecule has 100 valence electrons. The smallest absolute Gasteiger partial charge is 0.224 e. The van der Waals surface area contributed by atoms with Crippen LogP contribution >= 0.6 is 0 Å². The third-order valence-corrected chi connectivity index (χ3v) is 2.62. The van der Waals surface area contributed by atoms with Crippen molar-refractivity contribution in [3.63, 3.8) is 0 Å². The molecule has 0 spiro atoms. The van der Waals surface area contributed by atoms with Crippen LogP contribution < -0.4 is 10.6 Å². The molecule has 1 aromatic heterocycles. The Kier molecular flexibility index (Phi) is 3.59. The summed E-state index contributed by atoms with van der Waals surface area (Å²) in [7, 11) is 1.67. The summed E-state index contributed by atoms with van der Waals surface area (Å²) in [6, 6.07) is 4.22. The van der Waals surface area contributed by atoms with Gasteiger partial charge in [-0.05, 0) is 25.5 Å². The van der Waals surface area contributed by atoms with E-state index in [2.05, 4.69) is 20.6 Å². The molecule has 1 aromatic carbocycles. The van der Waals surface area contributed by atoms with Gasteiger partial charge in [-0.25, -0.2) is 13.8 Å². The lowest BCUT2D eigenvalue weighted by molar-refractivity contribution is 0.584. The van der Waals surface area contributed by atoms with Gasteiger partial charge in [0, 0.05) is 18.8 Å². The first-order valence-corrected chi connectivity index (χ1v) is 5.76. The number of anilines is 3. The van der Waals surface area contributed by atoms with E-state index >= 15 is 0 Å². The van der Waals surface area contributed by atoms with Crippen LogP contribution in [0.4, 0.5) is 26.2 Å². The van der Waals surface area contributed by atoms with Crippen molar-refractivity contribution in [1.82, 2.24) is 9.97 Å². The summed E-state index contributed by atoms with van der Waals surface area (Å²) in [5.41, 5.74) is 0.846. The molecule has 0 fully saturated rings. The Labute approximate surface area is 109 Å². The highest BCUT2D eigenvalue weighted by Crippen LogP contribution is 2.25. The van der Waals surface area contributed by atoms with Crippen molar-refractivity contribution >= 4 is 17.5 Å². The van der Waals surface area contributed by atoms with Gasteiger partial charge in [0.1, 0.15) is 17.3 Å². The van der Waals surface area contributed by atoms with E-state index in [-0.39, 0.29) is 5.69 Å². The molecule has 0 saturated carbocycles. The van der Waals surface area contributed by atoms with Gasteiger partial charge in [-0.2, -0.15) is 4.98 Å². The predicted molar refractivity (Wildman–Crippen MR) is 70.7 cm³/mol. The number of halogens is 2.